The normalized spacial score (nSPS) is 14.5. The molecule has 4 rings (SSSR count). The number of hydrogen-bond donors (Lipinski definition) is 1. The molecule has 3 aromatic carbocycles. The van der Waals surface area contributed by atoms with Crippen molar-refractivity contribution in [1.29, 1.82) is 0 Å². The standard InChI is InChI=1S/C32H37ClN2O3/c1-23-16-24(2)18-29(17-23)38-22-31(36)35(21-26-12-9-13-27(33)19-26)30(20-25-10-5-3-6-11-25)32(37)34-28-14-7-4-8-15-28/h3,5-6,9-13,16-19,28,30H,4,7-8,14-15,20-22H2,1-2H3,(H,34,37)/t30-/m1/s1. The summed E-state index contributed by atoms with van der Waals surface area (Å²) in [6.07, 6.45) is 5.79. The SMILES string of the molecule is Cc1cc(C)cc(OCC(=O)N(Cc2cccc(Cl)c2)[C@H](Cc2ccccc2)C(=O)NC2CCCCC2)c1. The number of halogens is 1. The van der Waals surface area contributed by atoms with Crippen molar-refractivity contribution >= 4 is 23.4 Å². The molecule has 1 aliphatic carbocycles. The van der Waals surface area contributed by atoms with Crippen LogP contribution in [0.25, 0.3) is 0 Å². The zero-order valence-corrected chi connectivity index (χ0v) is 23.0. The molecular formula is C32H37ClN2O3. The van der Waals surface area contributed by atoms with Crippen LogP contribution in [-0.4, -0.2) is 35.4 Å². The molecule has 200 valence electrons. The third-order valence-electron chi connectivity index (χ3n) is 7.02. The van der Waals surface area contributed by atoms with E-state index in [0.29, 0.717) is 17.2 Å². The number of hydrogen-bond acceptors (Lipinski definition) is 3. The van der Waals surface area contributed by atoms with Crippen LogP contribution in [0.1, 0.15) is 54.4 Å². The molecule has 1 atom stereocenters. The van der Waals surface area contributed by atoms with E-state index in [9.17, 15) is 9.59 Å². The van der Waals surface area contributed by atoms with Gasteiger partial charge in [0.05, 0.1) is 0 Å². The molecule has 0 heterocycles. The monoisotopic (exact) mass is 532 g/mol. The minimum Gasteiger partial charge on any atom is -0.484 e. The van der Waals surface area contributed by atoms with Gasteiger partial charge in [0.15, 0.2) is 6.61 Å². The average molecular weight is 533 g/mol. The number of aryl methyl sites for hydroxylation is 2. The maximum atomic E-state index is 13.8. The number of ether oxygens (including phenoxy) is 1. The molecule has 0 bridgehead atoms. The first-order valence-corrected chi connectivity index (χ1v) is 13.8. The number of carbonyl (C=O) groups excluding carboxylic acids is 2. The predicted molar refractivity (Wildman–Crippen MR) is 152 cm³/mol. The van der Waals surface area contributed by atoms with E-state index in [-0.39, 0.29) is 31.0 Å². The predicted octanol–water partition coefficient (Wildman–Crippen LogP) is 6.42. The molecule has 1 saturated carbocycles. The Balaban J connectivity index is 1.62. The van der Waals surface area contributed by atoms with Crippen LogP contribution in [0.5, 0.6) is 5.75 Å². The lowest BCUT2D eigenvalue weighted by Crippen LogP contribution is -2.53. The molecule has 0 aromatic heterocycles. The molecule has 0 spiro atoms. The van der Waals surface area contributed by atoms with Gasteiger partial charge in [-0.3, -0.25) is 9.59 Å². The minimum absolute atomic E-state index is 0.123. The first-order valence-electron chi connectivity index (χ1n) is 13.5. The lowest BCUT2D eigenvalue weighted by atomic mass is 9.94. The maximum absolute atomic E-state index is 13.8. The number of nitrogens with one attached hydrogen (secondary N) is 1. The van der Waals surface area contributed by atoms with Crippen LogP contribution in [0.4, 0.5) is 0 Å². The first-order chi connectivity index (χ1) is 18.4. The van der Waals surface area contributed by atoms with E-state index >= 15 is 0 Å². The Bertz CT molecular complexity index is 1200. The lowest BCUT2D eigenvalue weighted by molar-refractivity contribution is -0.143. The number of rotatable bonds is 10. The minimum atomic E-state index is -0.686. The summed E-state index contributed by atoms with van der Waals surface area (Å²) in [7, 11) is 0. The van der Waals surface area contributed by atoms with E-state index in [1.807, 2.05) is 74.5 Å². The second-order valence-electron chi connectivity index (χ2n) is 10.3. The number of carbonyl (C=O) groups is 2. The van der Waals surface area contributed by atoms with E-state index in [4.69, 9.17) is 16.3 Å². The summed E-state index contributed by atoms with van der Waals surface area (Å²) in [6.45, 7) is 4.09. The number of amides is 2. The Morgan fingerprint density at radius 3 is 2.29 bits per heavy atom. The summed E-state index contributed by atoms with van der Waals surface area (Å²) in [6, 6.07) is 22.6. The van der Waals surface area contributed by atoms with Crippen molar-refractivity contribution < 1.29 is 14.3 Å². The van der Waals surface area contributed by atoms with E-state index < -0.39 is 6.04 Å². The fraction of sp³-hybridized carbons (Fsp3) is 0.375. The van der Waals surface area contributed by atoms with Crippen molar-refractivity contribution in [3.05, 3.63) is 100 Å². The van der Waals surface area contributed by atoms with E-state index in [2.05, 4.69) is 11.4 Å². The molecule has 0 aliphatic heterocycles. The third-order valence-corrected chi connectivity index (χ3v) is 7.26. The fourth-order valence-electron chi connectivity index (χ4n) is 5.17. The van der Waals surface area contributed by atoms with E-state index in [0.717, 1.165) is 47.9 Å². The second-order valence-corrected chi connectivity index (χ2v) is 10.7. The summed E-state index contributed by atoms with van der Waals surface area (Å²) in [5, 5.41) is 3.85. The Labute approximate surface area is 231 Å². The molecule has 0 radical (unpaired) electrons. The van der Waals surface area contributed by atoms with Crippen molar-refractivity contribution in [1.82, 2.24) is 10.2 Å². The van der Waals surface area contributed by atoms with Crippen LogP contribution in [0, 0.1) is 13.8 Å². The average Bonchev–Trinajstić information content (AvgIpc) is 2.90. The highest BCUT2D eigenvalue weighted by Crippen LogP contribution is 2.21. The molecule has 0 saturated heterocycles. The quantitative estimate of drug-likeness (QED) is 0.327. The fourth-order valence-corrected chi connectivity index (χ4v) is 5.39. The van der Waals surface area contributed by atoms with Gasteiger partial charge in [-0.05, 0) is 73.2 Å². The molecule has 3 aromatic rings. The van der Waals surface area contributed by atoms with Gasteiger partial charge in [-0.25, -0.2) is 0 Å². The van der Waals surface area contributed by atoms with E-state index in [1.165, 1.54) is 6.42 Å². The van der Waals surface area contributed by atoms with Crippen LogP contribution < -0.4 is 10.1 Å². The van der Waals surface area contributed by atoms with Crippen LogP contribution >= 0.6 is 11.6 Å². The number of nitrogens with zero attached hydrogens (tertiary/aromatic N) is 1. The van der Waals surface area contributed by atoms with Gasteiger partial charge in [0.25, 0.3) is 5.91 Å². The zero-order valence-electron chi connectivity index (χ0n) is 22.3. The maximum Gasteiger partial charge on any atom is 0.261 e. The van der Waals surface area contributed by atoms with Crippen molar-refractivity contribution in [3.63, 3.8) is 0 Å². The van der Waals surface area contributed by atoms with Crippen LogP contribution in [0.2, 0.25) is 5.02 Å². The molecular weight excluding hydrogens is 496 g/mol. The van der Waals surface area contributed by atoms with Crippen LogP contribution in [0.15, 0.2) is 72.8 Å². The van der Waals surface area contributed by atoms with Gasteiger partial charge in [0, 0.05) is 24.0 Å². The Morgan fingerprint density at radius 2 is 1.61 bits per heavy atom. The number of benzene rings is 3. The van der Waals surface area contributed by atoms with Crippen LogP contribution in [-0.2, 0) is 22.6 Å². The first kappa shape index (κ1) is 27.7. The highest BCUT2D eigenvalue weighted by molar-refractivity contribution is 6.30. The van der Waals surface area contributed by atoms with Gasteiger partial charge in [-0.2, -0.15) is 0 Å². The molecule has 1 aliphatic rings. The highest BCUT2D eigenvalue weighted by Gasteiger charge is 2.32. The second kappa shape index (κ2) is 13.5. The summed E-state index contributed by atoms with van der Waals surface area (Å²) in [5.74, 6) is 0.274. The molecule has 6 heteroatoms. The van der Waals surface area contributed by atoms with Gasteiger partial charge < -0.3 is 15.0 Å². The van der Waals surface area contributed by atoms with Gasteiger partial charge in [-0.1, -0.05) is 79.4 Å². The molecule has 5 nitrogen and oxygen atoms in total. The highest BCUT2D eigenvalue weighted by atomic mass is 35.5. The summed E-state index contributed by atoms with van der Waals surface area (Å²) >= 11 is 6.27. The van der Waals surface area contributed by atoms with Crippen molar-refractivity contribution in [3.8, 4) is 5.75 Å². The lowest BCUT2D eigenvalue weighted by Gasteiger charge is -2.33. The van der Waals surface area contributed by atoms with Gasteiger partial charge >= 0.3 is 0 Å². The van der Waals surface area contributed by atoms with Crippen molar-refractivity contribution in [2.75, 3.05) is 6.61 Å². The van der Waals surface area contributed by atoms with Crippen LogP contribution in [0.3, 0.4) is 0 Å². The smallest absolute Gasteiger partial charge is 0.261 e. The summed E-state index contributed by atoms with van der Waals surface area (Å²) < 4.78 is 5.95. The summed E-state index contributed by atoms with van der Waals surface area (Å²) in [4.78, 5) is 29.3. The topological polar surface area (TPSA) is 58.6 Å². The largest absolute Gasteiger partial charge is 0.484 e. The zero-order chi connectivity index (χ0) is 26.9. The Morgan fingerprint density at radius 1 is 0.921 bits per heavy atom. The van der Waals surface area contributed by atoms with Crippen molar-refractivity contribution in [2.24, 2.45) is 0 Å². The van der Waals surface area contributed by atoms with Gasteiger partial charge in [0.1, 0.15) is 11.8 Å². The molecule has 0 unspecified atom stereocenters. The molecule has 38 heavy (non-hydrogen) atoms. The third kappa shape index (κ3) is 8.09. The summed E-state index contributed by atoms with van der Waals surface area (Å²) in [5.41, 5.74) is 3.99. The van der Waals surface area contributed by atoms with Crippen molar-refractivity contribution in [2.45, 2.75) is 71.0 Å². The Hall–Kier alpha value is -3.31. The molecule has 1 fully saturated rings. The van der Waals surface area contributed by atoms with Gasteiger partial charge in [0.2, 0.25) is 5.91 Å². The molecule has 2 amide bonds. The molecule has 1 N–H and O–H groups in total. The Kier molecular flexibility index (Phi) is 9.83. The van der Waals surface area contributed by atoms with Gasteiger partial charge in [-0.15, -0.1) is 0 Å². The van der Waals surface area contributed by atoms with E-state index in [1.54, 1.807) is 11.0 Å².